The summed E-state index contributed by atoms with van der Waals surface area (Å²) in [6, 6.07) is 17.7. The van der Waals surface area contributed by atoms with Gasteiger partial charge in [0.05, 0.1) is 0 Å². The van der Waals surface area contributed by atoms with Crippen LogP contribution in [0.1, 0.15) is 29.2 Å². The highest BCUT2D eigenvalue weighted by atomic mass is 15.2. The van der Waals surface area contributed by atoms with E-state index in [1.165, 1.54) is 22.3 Å². The van der Waals surface area contributed by atoms with Crippen molar-refractivity contribution in [2.75, 3.05) is 27.2 Å². The third-order valence-electron chi connectivity index (χ3n) is 4.32. The minimum atomic E-state index is 1.01. The number of rotatable bonds is 8. The van der Waals surface area contributed by atoms with Crippen LogP contribution < -0.4 is 0 Å². The van der Waals surface area contributed by atoms with Crippen LogP contribution in [-0.2, 0) is 19.5 Å². The van der Waals surface area contributed by atoms with Crippen molar-refractivity contribution >= 4 is 0 Å². The first-order valence-corrected chi connectivity index (χ1v) is 8.58. The summed E-state index contributed by atoms with van der Waals surface area (Å²) >= 11 is 0. The smallest absolute Gasteiger partial charge is 0.0240 e. The van der Waals surface area contributed by atoms with Crippen LogP contribution in [0.4, 0.5) is 0 Å². The first kappa shape index (κ1) is 17.7. The number of benzene rings is 2. The van der Waals surface area contributed by atoms with E-state index in [-0.39, 0.29) is 0 Å². The highest BCUT2D eigenvalue weighted by Crippen LogP contribution is 2.14. The maximum absolute atomic E-state index is 2.55. The van der Waals surface area contributed by atoms with Crippen LogP contribution in [0.2, 0.25) is 0 Å². The Kier molecular flexibility index (Phi) is 6.82. The van der Waals surface area contributed by atoms with E-state index in [0.717, 1.165) is 32.6 Å². The Labute approximate surface area is 141 Å². The Balaban J connectivity index is 2.11. The van der Waals surface area contributed by atoms with Crippen molar-refractivity contribution in [3.63, 3.8) is 0 Å². The molecule has 23 heavy (non-hydrogen) atoms. The van der Waals surface area contributed by atoms with E-state index >= 15 is 0 Å². The fourth-order valence-electron chi connectivity index (χ4n) is 2.79. The fourth-order valence-corrected chi connectivity index (χ4v) is 2.79. The zero-order valence-electron chi connectivity index (χ0n) is 15.0. The second-order valence-corrected chi connectivity index (χ2v) is 6.61. The molecule has 0 amide bonds. The molecule has 0 aromatic heterocycles. The molecule has 0 aliphatic heterocycles. The molecule has 0 spiro atoms. The van der Waals surface area contributed by atoms with Gasteiger partial charge in [0.2, 0.25) is 0 Å². The highest BCUT2D eigenvalue weighted by molar-refractivity contribution is 5.26. The predicted molar refractivity (Wildman–Crippen MR) is 99.7 cm³/mol. The average molecular weight is 310 g/mol. The zero-order chi connectivity index (χ0) is 16.7. The Morgan fingerprint density at radius 1 is 0.826 bits per heavy atom. The number of hydrogen-bond donors (Lipinski definition) is 0. The maximum Gasteiger partial charge on any atom is 0.0240 e. The molecule has 124 valence electrons. The molecule has 2 heteroatoms. The van der Waals surface area contributed by atoms with Gasteiger partial charge in [-0.2, -0.15) is 0 Å². The number of nitrogens with zero attached hydrogens (tertiary/aromatic N) is 2. The summed E-state index contributed by atoms with van der Waals surface area (Å²) in [6.07, 6.45) is 1.10. The second-order valence-electron chi connectivity index (χ2n) is 6.61. The van der Waals surface area contributed by atoms with Crippen LogP contribution in [0.25, 0.3) is 0 Å². The van der Waals surface area contributed by atoms with Crippen molar-refractivity contribution < 1.29 is 0 Å². The van der Waals surface area contributed by atoms with Gasteiger partial charge in [0, 0.05) is 26.2 Å². The van der Waals surface area contributed by atoms with Crippen LogP contribution in [0.5, 0.6) is 0 Å². The van der Waals surface area contributed by atoms with E-state index in [4.69, 9.17) is 0 Å². The molecule has 2 nitrogen and oxygen atoms in total. The first-order chi connectivity index (χ1) is 11.1. The van der Waals surface area contributed by atoms with Gasteiger partial charge in [-0.05, 0) is 49.7 Å². The summed E-state index contributed by atoms with van der Waals surface area (Å²) in [5.74, 6) is 0. The van der Waals surface area contributed by atoms with E-state index in [2.05, 4.69) is 86.3 Å². The van der Waals surface area contributed by atoms with Gasteiger partial charge in [0.25, 0.3) is 0 Å². The molecule has 0 heterocycles. The molecule has 0 unspecified atom stereocenters. The van der Waals surface area contributed by atoms with Crippen molar-refractivity contribution in [2.24, 2.45) is 0 Å². The summed E-state index contributed by atoms with van der Waals surface area (Å²) < 4.78 is 0. The lowest BCUT2D eigenvalue weighted by Crippen LogP contribution is -2.31. The summed E-state index contributed by atoms with van der Waals surface area (Å²) in [5, 5.41) is 0. The Bertz CT molecular complexity index is 604. The zero-order valence-corrected chi connectivity index (χ0v) is 15.0. The highest BCUT2D eigenvalue weighted by Gasteiger charge is 2.09. The van der Waals surface area contributed by atoms with Crippen molar-refractivity contribution in [2.45, 2.75) is 33.4 Å². The van der Waals surface area contributed by atoms with Gasteiger partial charge in [-0.25, -0.2) is 0 Å². The molecule has 0 aliphatic rings. The van der Waals surface area contributed by atoms with Crippen LogP contribution in [-0.4, -0.2) is 37.0 Å². The van der Waals surface area contributed by atoms with E-state index in [1.54, 1.807) is 0 Å². The second kappa shape index (κ2) is 8.85. The summed E-state index contributed by atoms with van der Waals surface area (Å²) in [7, 11) is 4.29. The van der Waals surface area contributed by atoms with Gasteiger partial charge >= 0.3 is 0 Å². The van der Waals surface area contributed by atoms with Gasteiger partial charge < -0.3 is 4.90 Å². The molecule has 2 rings (SSSR count). The Hall–Kier alpha value is -1.64. The molecule has 0 N–H and O–H groups in total. The number of aryl methyl sites for hydroxylation is 2. The molecule has 0 aliphatic carbocycles. The van der Waals surface area contributed by atoms with Crippen molar-refractivity contribution in [3.8, 4) is 0 Å². The van der Waals surface area contributed by atoms with E-state index in [9.17, 15) is 0 Å². The van der Waals surface area contributed by atoms with Crippen molar-refractivity contribution in [1.29, 1.82) is 0 Å². The van der Waals surface area contributed by atoms with Gasteiger partial charge in [0.15, 0.2) is 0 Å². The fraction of sp³-hybridized carbons (Fsp3) is 0.429. The molecule has 2 aromatic carbocycles. The normalized spacial score (nSPS) is 11.4. The SMILES string of the molecule is CCc1cccc(CN(CCN(C)C)Cc2ccccc2C)c1. The summed E-state index contributed by atoms with van der Waals surface area (Å²) in [6.45, 7) is 8.61. The average Bonchev–Trinajstić information content (AvgIpc) is 2.55. The molecule has 0 radical (unpaired) electrons. The summed E-state index contributed by atoms with van der Waals surface area (Å²) in [4.78, 5) is 4.81. The molecule has 0 atom stereocenters. The molecule has 2 aromatic rings. The van der Waals surface area contributed by atoms with E-state index < -0.39 is 0 Å². The molecular weight excluding hydrogens is 280 g/mol. The van der Waals surface area contributed by atoms with Crippen LogP contribution >= 0.6 is 0 Å². The predicted octanol–water partition coefficient (Wildman–Crippen LogP) is 4.12. The van der Waals surface area contributed by atoms with E-state index in [1.807, 2.05) is 0 Å². The molecule has 0 fully saturated rings. The van der Waals surface area contributed by atoms with Gasteiger partial charge in [-0.15, -0.1) is 0 Å². The lowest BCUT2D eigenvalue weighted by atomic mass is 10.1. The standard InChI is InChI=1S/C21H30N2/c1-5-19-10-8-11-20(15-19)16-23(14-13-22(3)4)17-21-12-7-6-9-18(21)2/h6-12,15H,5,13-14,16-17H2,1-4H3. The van der Waals surface area contributed by atoms with Gasteiger partial charge in [0.1, 0.15) is 0 Å². The lowest BCUT2D eigenvalue weighted by molar-refractivity contribution is 0.226. The number of likely N-dealkylation sites (N-methyl/N-ethyl adjacent to an activating group) is 1. The monoisotopic (exact) mass is 310 g/mol. The minimum absolute atomic E-state index is 1.01. The molecule has 0 saturated carbocycles. The largest absolute Gasteiger partial charge is 0.308 e. The van der Waals surface area contributed by atoms with Crippen molar-refractivity contribution in [1.82, 2.24) is 9.80 Å². The van der Waals surface area contributed by atoms with Crippen molar-refractivity contribution in [3.05, 3.63) is 70.8 Å². The van der Waals surface area contributed by atoms with Gasteiger partial charge in [-0.3, -0.25) is 4.90 Å². The topological polar surface area (TPSA) is 6.48 Å². The Morgan fingerprint density at radius 3 is 2.26 bits per heavy atom. The quantitative estimate of drug-likeness (QED) is 0.723. The Morgan fingerprint density at radius 2 is 1.57 bits per heavy atom. The number of hydrogen-bond acceptors (Lipinski definition) is 2. The van der Waals surface area contributed by atoms with E-state index in [0.29, 0.717) is 0 Å². The summed E-state index contributed by atoms with van der Waals surface area (Å²) in [5.41, 5.74) is 5.64. The molecule has 0 bridgehead atoms. The maximum atomic E-state index is 2.55. The minimum Gasteiger partial charge on any atom is -0.308 e. The third kappa shape index (κ3) is 5.81. The molecule has 0 saturated heterocycles. The van der Waals surface area contributed by atoms with Crippen LogP contribution in [0, 0.1) is 6.92 Å². The third-order valence-corrected chi connectivity index (χ3v) is 4.32. The first-order valence-electron chi connectivity index (χ1n) is 8.58. The van der Waals surface area contributed by atoms with Gasteiger partial charge in [-0.1, -0.05) is 55.5 Å². The lowest BCUT2D eigenvalue weighted by Gasteiger charge is -2.25. The molecular formula is C21H30N2. The van der Waals surface area contributed by atoms with Crippen LogP contribution in [0.3, 0.4) is 0 Å². The van der Waals surface area contributed by atoms with Crippen LogP contribution in [0.15, 0.2) is 48.5 Å².